The van der Waals surface area contributed by atoms with Crippen LogP contribution in [0.1, 0.15) is 6.92 Å². The minimum Gasteiger partial charge on any atom is -0.279 e. The SMILES string of the molecule is CC1=[N+](C)C(=O)N(C)C(=O)C1S(=O)(=O)Nc1ccc(Br)cc1F. The number of imide groups is 1. The lowest BCUT2D eigenvalue weighted by molar-refractivity contribution is -0.405. The summed E-state index contributed by atoms with van der Waals surface area (Å²) < 4.78 is 42.5. The Morgan fingerprint density at radius 1 is 1.35 bits per heavy atom. The third-order valence-electron chi connectivity index (χ3n) is 3.53. The minimum absolute atomic E-state index is 0.0446. The van der Waals surface area contributed by atoms with Gasteiger partial charge in [-0.25, -0.2) is 17.6 Å². The van der Waals surface area contributed by atoms with Crippen molar-refractivity contribution >= 4 is 49.3 Å². The summed E-state index contributed by atoms with van der Waals surface area (Å²) in [6.07, 6.45) is 0. The van der Waals surface area contributed by atoms with Gasteiger partial charge >= 0.3 is 11.9 Å². The highest BCUT2D eigenvalue weighted by molar-refractivity contribution is 9.10. The Morgan fingerprint density at radius 2 is 1.96 bits per heavy atom. The fourth-order valence-electron chi connectivity index (χ4n) is 2.14. The van der Waals surface area contributed by atoms with E-state index in [1.54, 1.807) is 0 Å². The van der Waals surface area contributed by atoms with Crippen LogP contribution in [0.2, 0.25) is 0 Å². The Hall–Kier alpha value is -1.81. The molecule has 3 amide bonds. The van der Waals surface area contributed by atoms with E-state index in [4.69, 9.17) is 0 Å². The molecule has 2 rings (SSSR count). The average molecular weight is 407 g/mol. The standard InChI is InChI=1S/C13H14BrFN3O4S/c1-7-11(12(19)18(3)13(20)17(7)2)23(21,22)16-10-5-4-8(14)6-9(10)15/h4-6,11,16H,1-3H3/q+1. The first-order valence-corrected chi connectivity index (χ1v) is 8.75. The van der Waals surface area contributed by atoms with Gasteiger partial charge in [-0.3, -0.25) is 4.72 Å². The summed E-state index contributed by atoms with van der Waals surface area (Å²) in [5.74, 6) is -1.68. The van der Waals surface area contributed by atoms with Gasteiger partial charge in [-0.05, 0) is 25.1 Å². The van der Waals surface area contributed by atoms with Crippen LogP contribution in [-0.2, 0) is 14.8 Å². The van der Waals surface area contributed by atoms with Crippen molar-refractivity contribution in [3.63, 3.8) is 0 Å². The van der Waals surface area contributed by atoms with Gasteiger partial charge in [-0.15, -0.1) is 0 Å². The van der Waals surface area contributed by atoms with Crippen LogP contribution in [0.4, 0.5) is 14.9 Å². The molecule has 1 N–H and O–H groups in total. The van der Waals surface area contributed by atoms with Crippen molar-refractivity contribution in [2.45, 2.75) is 12.2 Å². The maximum atomic E-state index is 13.8. The summed E-state index contributed by atoms with van der Waals surface area (Å²) in [4.78, 5) is 24.7. The number of benzene rings is 1. The molecule has 1 aliphatic heterocycles. The minimum atomic E-state index is -4.29. The lowest BCUT2D eigenvalue weighted by Crippen LogP contribution is -2.57. The maximum Gasteiger partial charge on any atom is 0.500 e. The van der Waals surface area contributed by atoms with Crippen molar-refractivity contribution in [3.8, 4) is 0 Å². The maximum absolute atomic E-state index is 13.8. The third kappa shape index (κ3) is 3.13. The quantitative estimate of drug-likeness (QED) is 0.768. The highest BCUT2D eigenvalue weighted by Crippen LogP contribution is 2.23. The number of anilines is 1. The summed E-state index contributed by atoms with van der Waals surface area (Å²) in [5.41, 5.74) is -0.237. The second-order valence-corrected chi connectivity index (χ2v) is 7.71. The molecule has 1 heterocycles. The molecule has 1 unspecified atom stereocenters. The highest BCUT2D eigenvalue weighted by Gasteiger charge is 2.50. The molecule has 1 aromatic rings. The van der Waals surface area contributed by atoms with Crippen LogP contribution in [0.25, 0.3) is 0 Å². The van der Waals surface area contributed by atoms with Gasteiger partial charge < -0.3 is 0 Å². The van der Waals surface area contributed by atoms with Crippen molar-refractivity contribution < 1.29 is 27.0 Å². The average Bonchev–Trinajstić information content (AvgIpc) is 2.46. The Morgan fingerprint density at radius 3 is 2.52 bits per heavy atom. The van der Waals surface area contributed by atoms with E-state index >= 15 is 0 Å². The van der Waals surface area contributed by atoms with Gasteiger partial charge in [-0.2, -0.15) is 14.3 Å². The fraction of sp³-hybridized carbons (Fsp3) is 0.308. The van der Waals surface area contributed by atoms with E-state index in [1.165, 1.54) is 33.2 Å². The summed E-state index contributed by atoms with van der Waals surface area (Å²) in [5, 5.41) is -1.61. The summed E-state index contributed by atoms with van der Waals surface area (Å²) >= 11 is 3.07. The van der Waals surface area contributed by atoms with Crippen LogP contribution in [-0.4, -0.2) is 54.9 Å². The number of amides is 3. The molecule has 0 fully saturated rings. The number of rotatable bonds is 3. The Labute approximate surface area is 141 Å². The number of hydrogen-bond donors (Lipinski definition) is 1. The van der Waals surface area contributed by atoms with Crippen LogP contribution in [0.5, 0.6) is 0 Å². The van der Waals surface area contributed by atoms with Crippen LogP contribution in [0, 0.1) is 5.82 Å². The molecule has 0 radical (unpaired) electrons. The number of sulfonamides is 1. The molecule has 0 aliphatic carbocycles. The number of hydrogen-bond acceptors (Lipinski definition) is 4. The molecule has 0 bridgehead atoms. The zero-order chi connectivity index (χ0) is 17.5. The van der Waals surface area contributed by atoms with Gasteiger partial charge in [0.25, 0.3) is 10.0 Å². The first-order valence-electron chi connectivity index (χ1n) is 6.41. The molecular weight excluding hydrogens is 393 g/mol. The summed E-state index contributed by atoms with van der Waals surface area (Å²) in [7, 11) is -1.73. The largest absolute Gasteiger partial charge is 0.500 e. The van der Waals surface area contributed by atoms with E-state index in [0.717, 1.165) is 15.5 Å². The molecule has 0 saturated heterocycles. The number of halogens is 2. The van der Waals surface area contributed by atoms with Crippen molar-refractivity contribution in [1.29, 1.82) is 0 Å². The smallest absolute Gasteiger partial charge is 0.279 e. The first-order chi connectivity index (χ1) is 10.6. The normalized spacial score (nSPS) is 19.3. The van der Waals surface area contributed by atoms with Crippen molar-refractivity contribution in [3.05, 3.63) is 28.5 Å². The van der Waals surface area contributed by atoms with Crippen molar-refractivity contribution in [2.75, 3.05) is 18.8 Å². The third-order valence-corrected chi connectivity index (χ3v) is 5.69. The summed E-state index contributed by atoms with van der Waals surface area (Å²) in [6, 6.07) is 3.16. The molecule has 7 nitrogen and oxygen atoms in total. The number of carbonyl (C=O) groups excluding carboxylic acids is 2. The zero-order valence-corrected chi connectivity index (χ0v) is 14.9. The second kappa shape index (κ2) is 6.00. The predicted octanol–water partition coefficient (Wildman–Crippen LogP) is 1.39. The molecule has 1 aromatic carbocycles. The van der Waals surface area contributed by atoms with Gasteiger partial charge in [0.2, 0.25) is 5.25 Å². The van der Waals surface area contributed by atoms with E-state index in [-0.39, 0.29) is 11.4 Å². The zero-order valence-electron chi connectivity index (χ0n) is 12.5. The van der Waals surface area contributed by atoms with Gasteiger partial charge in [0.1, 0.15) is 11.5 Å². The van der Waals surface area contributed by atoms with Gasteiger partial charge in [-0.1, -0.05) is 15.9 Å². The molecular formula is C13H14BrFN3O4S+. The van der Waals surface area contributed by atoms with Crippen molar-refractivity contribution in [1.82, 2.24) is 4.90 Å². The van der Waals surface area contributed by atoms with E-state index < -0.39 is 33.0 Å². The van der Waals surface area contributed by atoms with Crippen LogP contribution >= 0.6 is 15.9 Å². The van der Waals surface area contributed by atoms with E-state index in [9.17, 15) is 22.4 Å². The lowest BCUT2D eigenvalue weighted by atomic mass is 10.2. The highest BCUT2D eigenvalue weighted by atomic mass is 79.9. The fourth-order valence-corrected chi connectivity index (χ4v) is 4.10. The van der Waals surface area contributed by atoms with Crippen LogP contribution in [0.3, 0.4) is 0 Å². The lowest BCUT2D eigenvalue weighted by Gasteiger charge is -2.23. The molecule has 1 atom stereocenters. The first kappa shape index (κ1) is 17.5. The molecule has 10 heteroatoms. The molecule has 1 aliphatic rings. The molecule has 0 spiro atoms. The number of nitrogens with zero attached hydrogens (tertiary/aromatic N) is 2. The Bertz CT molecular complexity index is 838. The monoisotopic (exact) mass is 406 g/mol. The van der Waals surface area contributed by atoms with Gasteiger partial charge in [0, 0.05) is 4.47 Å². The molecule has 0 saturated carbocycles. The van der Waals surface area contributed by atoms with E-state index in [2.05, 4.69) is 20.7 Å². The molecule has 124 valence electrons. The second-order valence-electron chi connectivity index (χ2n) is 5.03. The predicted molar refractivity (Wildman–Crippen MR) is 85.5 cm³/mol. The molecule has 0 aromatic heterocycles. The topological polar surface area (TPSA) is 86.6 Å². The number of nitrogens with one attached hydrogen (secondary N) is 1. The Balaban J connectivity index is 2.46. The molecule has 23 heavy (non-hydrogen) atoms. The van der Waals surface area contributed by atoms with Gasteiger partial charge in [0.15, 0.2) is 0 Å². The van der Waals surface area contributed by atoms with E-state index in [1.807, 2.05) is 0 Å². The van der Waals surface area contributed by atoms with Crippen LogP contribution < -0.4 is 4.72 Å². The number of urea groups is 1. The van der Waals surface area contributed by atoms with Crippen molar-refractivity contribution in [2.24, 2.45) is 0 Å². The Kier molecular flexibility index (Phi) is 4.58. The summed E-state index contributed by atoms with van der Waals surface area (Å²) in [6.45, 7) is 1.37. The van der Waals surface area contributed by atoms with Crippen LogP contribution in [0.15, 0.2) is 22.7 Å². The van der Waals surface area contributed by atoms with E-state index in [0.29, 0.717) is 4.47 Å². The number of carbonyl (C=O) groups is 2. The van der Waals surface area contributed by atoms with Gasteiger partial charge in [0.05, 0.1) is 19.8 Å².